The SMILES string of the molecule is CC(C)(C)C(=O)O[C@@H]1C[C@@H]2C(=O)C[C@@]1(C)C2(C)C. The molecule has 0 aromatic rings. The van der Waals surface area contributed by atoms with E-state index in [1.165, 1.54) is 0 Å². The lowest BCUT2D eigenvalue weighted by Gasteiger charge is -2.38. The largest absolute Gasteiger partial charge is 0.461 e. The highest BCUT2D eigenvalue weighted by atomic mass is 16.5. The molecule has 0 amide bonds. The second kappa shape index (κ2) is 3.58. The molecule has 3 atom stereocenters. The van der Waals surface area contributed by atoms with Gasteiger partial charge < -0.3 is 4.74 Å². The fourth-order valence-electron chi connectivity index (χ4n) is 3.43. The van der Waals surface area contributed by atoms with Gasteiger partial charge in [-0.2, -0.15) is 0 Å². The van der Waals surface area contributed by atoms with E-state index in [0.29, 0.717) is 18.6 Å². The normalized spacial score (nSPS) is 38.0. The Morgan fingerprint density at radius 2 is 1.83 bits per heavy atom. The fraction of sp³-hybridized carbons (Fsp3) is 0.867. The number of rotatable bonds is 1. The van der Waals surface area contributed by atoms with Gasteiger partial charge in [0.05, 0.1) is 5.41 Å². The second-order valence-corrected chi connectivity index (χ2v) is 7.71. The second-order valence-electron chi connectivity index (χ2n) is 7.71. The predicted molar refractivity (Wildman–Crippen MR) is 69.0 cm³/mol. The van der Waals surface area contributed by atoms with Crippen molar-refractivity contribution in [3.63, 3.8) is 0 Å². The summed E-state index contributed by atoms with van der Waals surface area (Å²) in [6, 6.07) is 0. The van der Waals surface area contributed by atoms with Gasteiger partial charge in [-0.3, -0.25) is 9.59 Å². The molecule has 3 heteroatoms. The molecule has 2 aliphatic carbocycles. The van der Waals surface area contributed by atoms with Gasteiger partial charge in [-0.25, -0.2) is 0 Å². The molecule has 0 aromatic heterocycles. The summed E-state index contributed by atoms with van der Waals surface area (Å²) in [5.74, 6) is 0.232. The van der Waals surface area contributed by atoms with E-state index in [2.05, 4.69) is 20.8 Å². The zero-order valence-corrected chi connectivity index (χ0v) is 12.3. The minimum atomic E-state index is -0.480. The predicted octanol–water partition coefficient (Wildman–Crippen LogP) is 2.97. The molecule has 0 aromatic carbocycles. The van der Waals surface area contributed by atoms with Crippen LogP contribution in [0.5, 0.6) is 0 Å². The van der Waals surface area contributed by atoms with Crippen LogP contribution in [0.15, 0.2) is 0 Å². The average Bonchev–Trinajstić information content (AvgIpc) is 2.46. The van der Waals surface area contributed by atoms with Crippen LogP contribution >= 0.6 is 0 Å². The summed E-state index contributed by atoms with van der Waals surface area (Å²) in [5, 5.41) is 0. The average molecular weight is 252 g/mol. The van der Waals surface area contributed by atoms with E-state index in [1.807, 2.05) is 20.8 Å². The van der Waals surface area contributed by atoms with Crippen LogP contribution in [-0.4, -0.2) is 17.9 Å². The first-order valence-corrected chi connectivity index (χ1v) is 6.74. The van der Waals surface area contributed by atoms with Gasteiger partial charge in [-0.15, -0.1) is 0 Å². The number of hydrogen-bond acceptors (Lipinski definition) is 3. The van der Waals surface area contributed by atoms with E-state index in [0.717, 1.165) is 0 Å². The van der Waals surface area contributed by atoms with Gasteiger partial charge in [-0.05, 0) is 32.6 Å². The number of hydrogen-bond donors (Lipinski definition) is 0. The molecule has 0 aliphatic heterocycles. The van der Waals surface area contributed by atoms with Gasteiger partial charge in [0.1, 0.15) is 11.9 Å². The first-order valence-electron chi connectivity index (χ1n) is 6.74. The minimum Gasteiger partial charge on any atom is -0.461 e. The molecule has 0 spiro atoms. The maximum Gasteiger partial charge on any atom is 0.311 e. The Labute approximate surface area is 109 Å². The molecular formula is C15H24O3. The van der Waals surface area contributed by atoms with Gasteiger partial charge in [0.15, 0.2) is 0 Å². The number of fused-ring (bicyclic) bond motifs is 2. The fourth-order valence-corrected chi connectivity index (χ4v) is 3.43. The number of ether oxygens (including phenoxy) is 1. The van der Waals surface area contributed by atoms with Crippen molar-refractivity contribution in [2.24, 2.45) is 22.2 Å². The quantitative estimate of drug-likeness (QED) is 0.674. The Morgan fingerprint density at radius 3 is 2.17 bits per heavy atom. The van der Waals surface area contributed by atoms with Crippen LogP contribution in [-0.2, 0) is 14.3 Å². The van der Waals surface area contributed by atoms with Crippen LogP contribution in [0, 0.1) is 22.2 Å². The van der Waals surface area contributed by atoms with Crippen LogP contribution in [0.3, 0.4) is 0 Å². The molecule has 0 radical (unpaired) electrons. The Balaban J connectivity index is 2.21. The van der Waals surface area contributed by atoms with Crippen molar-refractivity contribution in [2.45, 2.75) is 60.5 Å². The van der Waals surface area contributed by atoms with Crippen molar-refractivity contribution in [1.82, 2.24) is 0 Å². The van der Waals surface area contributed by atoms with Gasteiger partial charge in [-0.1, -0.05) is 20.8 Å². The molecule has 2 fully saturated rings. The summed E-state index contributed by atoms with van der Waals surface area (Å²) in [6.07, 6.45) is 1.14. The van der Waals surface area contributed by atoms with Crippen molar-refractivity contribution in [1.29, 1.82) is 0 Å². The zero-order chi connectivity index (χ0) is 13.9. The van der Waals surface area contributed by atoms with E-state index < -0.39 is 5.41 Å². The third-order valence-electron chi connectivity index (χ3n) is 5.30. The van der Waals surface area contributed by atoms with Gasteiger partial charge in [0.2, 0.25) is 0 Å². The van der Waals surface area contributed by atoms with Gasteiger partial charge >= 0.3 is 5.97 Å². The summed E-state index contributed by atoms with van der Waals surface area (Å²) in [7, 11) is 0. The number of ketones is 1. The topological polar surface area (TPSA) is 43.4 Å². The maximum absolute atomic E-state index is 12.0. The van der Waals surface area contributed by atoms with Crippen LogP contribution in [0.25, 0.3) is 0 Å². The molecule has 0 heterocycles. The summed E-state index contributed by atoms with van der Waals surface area (Å²) in [4.78, 5) is 24.0. The molecule has 18 heavy (non-hydrogen) atoms. The Kier molecular flexibility index (Phi) is 2.70. The first-order chi connectivity index (χ1) is 8.00. The smallest absolute Gasteiger partial charge is 0.311 e. The Bertz CT molecular complexity index is 402. The molecular weight excluding hydrogens is 228 g/mol. The summed E-state index contributed by atoms with van der Waals surface area (Å²) >= 11 is 0. The van der Waals surface area contributed by atoms with E-state index in [1.54, 1.807) is 0 Å². The van der Waals surface area contributed by atoms with Crippen LogP contribution in [0.1, 0.15) is 54.4 Å². The van der Waals surface area contributed by atoms with Crippen molar-refractivity contribution >= 4 is 11.8 Å². The van der Waals surface area contributed by atoms with Gasteiger partial charge in [0.25, 0.3) is 0 Å². The molecule has 0 unspecified atom stereocenters. The summed E-state index contributed by atoms with van der Waals surface area (Å²) < 4.78 is 5.71. The van der Waals surface area contributed by atoms with Gasteiger partial charge in [0, 0.05) is 17.8 Å². The number of carbonyl (C=O) groups is 2. The molecule has 3 nitrogen and oxygen atoms in total. The maximum atomic E-state index is 12.0. The third kappa shape index (κ3) is 1.63. The van der Waals surface area contributed by atoms with Crippen molar-refractivity contribution in [3.8, 4) is 0 Å². The third-order valence-corrected chi connectivity index (χ3v) is 5.30. The summed E-state index contributed by atoms with van der Waals surface area (Å²) in [5.41, 5.74) is -0.741. The lowest BCUT2D eigenvalue weighted by atomic mass is 9.70. The minimum absolute atomic E-state index is 0.0558. The highest BCUT2D eigenvalue weighted by Gasteiger charge is 2.66. The van der Waals surface area contributed by atoms with E-state index in [-0.39, 0.29) is 28.8 Å². The van der Waals surface area contributed by atoms with Crippen LogP contribution < -0.4 is 0 Å². The lowest BCUT2D eigenvalue weighted by Crippen LogP contribution is -2.40. The van der Waals surface area contributed by atoms with Crippen molar-refractivity contribution < 1.29 is 14.3 Å². The van der Waals surface area contributed by atoms with Crippen molar-refractivity contribution in [2.75, 3.05) is 0 Å². The molecule has 0 N–H and O–H groups in total. The van der Waals surface area contributed by atoms with E-state index >= 15 is 0 Å². The Hall–Kier alpha value is -0.860. The molecule has 2 aliphatic rings. The van der Waals surface area contributed by atoms with E-state index in [4.69, 9.17) is 4.74 Å². The molecule has 2 saturated carbocycles. The highest BCUT2D eigenvalue weighted by Crippen LogP contribution is 2.64. The summed E-state index contributed by atoms with van der Waals surface area (Å²) in [6.45, 7) is 11.9. The van der Waals surface area contributed by atoms with Crippen molar-refractivity contribution in [3.05, 3.63) is 0 Å². The monoisotopic (exact) mass is 252 g/mol. The van der Waals surface area contributed by atoms with Crippen LogP contribution in [0.2, 0.25) is 0 Å². The van der Waals surface area contributed by atoms with E-state index in [9.17, 15) is 9.59 Å². The number of esters is 1. The first kappa shape index (κ1) is 13.6. The Morgan fingerprint density at radius 1 is 1.28 bits per heavy atom. The number of carbonyl (C=O) groups excluding carboxylic acids is 2. The lowest BCUT2D eigenvalue weighted by molar-refractivity contribution is -0.167. The molecule has 0 saturated heterocycles. The number of Topliss-reactive ketones (excluding diaryl/α,β-unsaturated/α-hetero) is 1. The molecule has 2 rings (SSSR count). The molecule has 2 bridgehead atoms. The molecule has 102 valence electrons. The standard InChI is InChI=1S/C15H24O3/c1-13(2,3)12(17)18-11-7-9-10(16)8-15(11,6)14(9,4)5/h9,11H,7-8H2,1-6H3/t9-,11-,15-/m1/s1. The van der Waals surface area contributed by atoms with Crippen LogP contribution in [0.4, 0.5) is 0 Å². The highest BCUT2D eigenvalue weighted by molar-refractivity contribution is 5.87. The zero-order valence-electron chi connectivity index (χ0n) is 12.3.